The third-order valence-electron chi connectivity index (χ3n) is 4.38. The van der Waals surface area contributed by atoms with Gasteiger partial charge in [-0.3, -0.25) is 4.79 Å². The van der Waals surface area contributed by atoms with Crippen molar-refractivity contribution in [3.8, 4) is 0 Å². The second kappa shape index (κ2) is 20.8. The number of thioether (sulfide) groups is 1. The Bertz CT molecular complexity index is 818. The molecule has 0 radical (unpaired) electrons. The third-order valence-corrected chi connectivity index (χ3v) is 5.12. The van der Waals surface area contributed by atoms with Crippen molar-refractivity contribution in [1.29, 1.82) is 0 Å². The van der Waals surface area contributed by atoms with Gasteiger partial charge in [0.25, 0.3) is 0 Å². The van der Waals surface area contributed by atoms with Crippen molar-refractivity contribution >= 4 is 18.2 Å². The monoisotopic (exact) mass is 487 g/mol. The van der Waals surface area contributed by atoms with E-state index in [0.717, 1.165) is 6.42 Å². The summed E-state index contributed by atoms with van der Waals surface area (Å²) in [7, 11) is 1.50. The molecular formula is C27H45N5OS. The van der Waals surface area contributed by atoms with Crippen molar-refractivity contribution < 1.29 is 4.79 Å². The Morgan fingerprint density at radius 1 is 1.15 bits per heavy atom. The summed E-state index contributed by atoms with van der Waals surface area (Å²) in [5.41, 5.74) is 18.8. The van der Waals surface area contributed by atoms with Gasteiger partial charge < -0.3 is 22.2 Å². The van der Waals surface area contributed by atoms with E-state index in [4.69, 9.17) is 16.4 Å². The molecule has 0 heterocycles. The Balaban J connectivity index is 0. The number of hydrazine groups is 1. The Hall–Kier alpha value is -2.74. The van der Waals surface area contributed by atoms with E-state index in [0.29, 0.717) is 24.1 Å². The van der Waals surface area contributed by atoms with Gasteiger partial charge in [0.1, 0.15) is 0 Å². The summed E-state index contributed by atoms with van der Waals surface area (Å²) in [5.74, 6) is 6.95. The van der Waals surface area contributed by atoms with Crippen molar-refractivity contribution in [3.05, 3.63) is 89.8 Å². The minimum atomic E-state index is 0.250. The summed E-state index contributed by atoms with van der Waals surface area (Å²) in [6.07, 6.45) is 7.22. The number of primary amides is 1. The second-order valence-electron chi connectivity index (χ2n) is 7.92. The standard InChI is InChI=1S/C17H27N3.C8H10S.CH3NO.CH5N/c1-5-16(9-13(2)3)17-8-6-7-15(10-17)12-20(19)11-14(4)18;1-7-3-5-8(9-2)6-4-7;2-1-3;1-2/h5-8,10-11,13,16H,1,9,12,18-19H2,2-4H3;3-6H,1-2H3;1H,(H2,2,3);2H2,1H3/b14-11-;;;. The van der Waals surface area contributed by atoms with Gasteiger partial charge in [-0.15, -0.1) is 18.3 Å². The molecular weight excluding hydrogens is 442 g/mol. The first kappa shape index (κ1) is 33.4. The van der Waals surface area contributed by atoms with Crippen LogP contribution in [0.4, 0.5) is 0 Å². The summed E-state index contributed by atoms with van der Waals surface area (Å²) in [6.45, 7) is 13.0. The summed E-state index contributed by atoms with van der Waals surface area (Å²) in [5, 5.41) is 1.61. The van der Waals surface area contributed by atoms with E-state index in [-0.39, 0.29) is 6.41 Å². The van der Waals surface area contributed by atoms with Gasteiger partial charge in [0, 0.05) is 22.7 Å². The van der Waals surface area contributed by atoms with Gasteiger partial charge in [-0.25, -0.2) is 5.84 Å². The molecule has 0 spiro atoms. The molecule has 2 aromatic carbocycles. The topological polar surface area (TPSA) is 124 Å². The Morgan fingerprint density at radius 3 is 2.15 bits per heavy atom. The van der Waals surface area contributed by atoms with Crippen molar-refractivity contribution in [3.63, 3.8) is 0 Å². The van der Waals surface area contributed by atoms with Crippen molar-refractivity contribution in [1.82, 2.24) is 5.01 Å². The van der Waals surface area contributed by atoms with Crippen LogP contribution in [0.1, 0.15) is 49.8 Å². The van der Waals surface area contributed by atoms with Crippen LogP contribution < -0.4 is 23.0 Å². The SMILES string of the molecule is C=CC(CC(C)C)c1cccc(CN(N)/C=C(/C)N)c1.CN.CSc1ccc(C)cc1.NC=O. The van der Waals surface area contributed by atoms with E-state index >= 15 is 0 Å². The predicted octanol–water partition coefficient (Wildman–Crippen LogP) is 4.89. The maximum absolute atomic E-state index is 8.58. The normalized spacial score (nSPS) is 10.9. The number of amides is 1. The first-order valence-corrected chi connectivity index (χ1v) is 12.4. The molecule has 7 heteroatoms. The summed E-state index contributed by atoms with van der Waals surface area (Å²) in [4.78, 5) is 9.92. The molecule has 2 rings (SSSR count). The molecule has 0 aliphatic heterocycles. The largest absolute Gasteiger partial charge is 0.401 e. The lowest BCUT2D eigenvalue weighted by Gasteiger charge is -2.18. The number of nitrogens with two attached hydrogens (primary N) is 4. The molecule has 0 saturated heterocycles. The van der Waals surface area contributed by atoms with E-state index in [1.54, 1.807) is 23.0 Å². The number of aryl methyl sites for hydroxylation is 1. The molecule has 1 amide bonds. The van der Waals surface area contributed by atoms with E-state index in [1.807, 2.05) is 13.0 Å². The summed E-state index contributed by atoms with van der Waals surface area (Å²) >= 11 is 1.78. The van der Waals surface area contributed by atoms with Crippen LogP contribution >= 0.6 is 11.8 Å². The smallest absolute Gasteiger partial charge is 0.204 e. The molecule has 0 fully saturated rings. The van der Waals surface area contributed by atoms with Crippen LogP contribution in [-0.2, 0) is 11.3 Å². The van der Waals surface area contributed by atoms with Crippen molar-refractivity contribution in [2.75, 3.05) is 13.3 Å². The molecule has 34 heavy (non-hydrogen) atoms. The van der Waals surface area contributed by atoms with Crippen molar-refractivity contribution in [2.24, 2.45) is 29.0 Å². The number of nitrogens with zero attached hydrogens (tertiary/aromatic N) is 1. The van der Waals surface area contributed by atoms with E-state index in [1.165, 1.54) is 28.6 Å². The Labute approximate surface area is 211 Å². The minimum absolute atomic E-state index is 0.250. The van der Waals surface area contributed by atoms with Crippen LogP contribution in [0.5, 0.6) is 0 Å². The number of benzene rings is 2. The fourth-order valence-corrected chi connectivity index (χ4v) is 3.40. The van der Waals surface area contributed by atoms with E-state index < -0.39 is 0 Å². The molecule has 0 bridgehead atoms. The first-order valence-electron chi connectivity index (χ1n) is 11.2. The zero-order valence-electron chi connectivity index (χ0n) is 21.7. The fraction of sp³-hybridized carbons (Fsp3) is 0.370. The van der Waals surface area contributed by atoms with Crippen LogP contribution in [0.15, 0.2) is 78.0 Å². The van der Waals surface area contributed by atoms with Gasteiger partial charge in [-0.05, 0) is 62.7 Å². The van der Waals surface area contributed by atoms with Crippen LogP contribution in [0.3, 0.4) is 0 Å². The lowest BCUT2D eigenvalue weighted by Crippen LogP contribution is -2.25. The highest BCUT2D eigenvalue weighted by molar-refractivity contribution is 7.98. The Kier molecular flexibility index (Phi) is 20.5. The van der Waals surface area contributed by atoms with Crippen LogP contribution in [0, 0.1) is 12.8 Å². The molecule has 2 aromatic rings. The predicted molar refractivity (Wildman–Crippen MR) is 150 cm³/mol. The highest BCUT2D eigenvalue weighted by Gasteiger charge is 2.10. The second-order valence-corrected chi connectivity index (χ2v) is 8.80. The van der Waals surface area contributed by atoms with Crippen LogP contribution in [0.2, 0.25) is 0 Å². The average molecular weight is 488 g/mol. The number of hydrogen-bond acceptors (Lipinski definition) is 6. The van der Waals surface area contributed by atoms with Crippen LogP contribution in [-0.4, -0.2) is 24.7 Å². The zero-order valence-corrected chi connectivity index (χ0v) is 22.5. The summed E-state index contributed by atoms with van der Waals surface area (Å²) in [6, 6.07) is 17.1. The number of carbonyl (C=O) groups excluding carboxylic acids is 1. The minimum Gasteiger partial charge on any atom is -0.401 e. The van der Waals surface area contributed by atoms with Crippen LogP contribution in [0.25, 0.3) is 0 Å². The Morgan fingerprint density at radius 2 is 1.71 bits per heavy atom. The highest BCUT2D eigenvalue weighted by Crippen LogP contribution is 2.25. The number of rotatable bonds is 8. The molecule has 0 aliphatic carbocycles. The fourth-order valence-electron chi connectivity index (χ4n) is 2.99. The molecule has 190 valence electrons. The van der Waals surface area contributed by atoms with Gasteiger partial charge in [0.2, 0.25) is 6.41 Å². The molecule has 0 saturated carbocycles. The molecule has 1 atom stereocenters. The molecule has 6 nitrogen and oxygen atoms in total. The maximum atomic E-state index is 8.58. The lowest BCUT2D eigenvalue weighted by molar-refractivity contribution is -0.106. The van der Waals surface area contributed by atoms with E-state index in [9.17, 15) is 0 Å². The number of allylic oxidation sites excluding steroid dienone is 2. The molecule has 1 unspecified atom stereocenters. The maximum Gasteiger partial charge on any atom is 0.204 e. The van der Waals surface area contributed by atoms with Gasteiger partial charge in [0.05, 0.1) is 6.54 Å². The van der Waals surface area contributed by atoms with E-state index in [2.05, 4.69) is 93.6 Å². The van der Waals surface area contributed by atoms with Gasteiger partial charge in [-0.2, -0.15) is 0 Å². The summed E-state index contributed by atoms with van der Waals surface area (Å²) < 4.78 is 0. The first-order chi connectivity index (χ1) is 16.2. The van der Waals surface area contributed by atoms with Gasteiger partial charge in [0.15, 0.2) is 0 Å². The van der Waals surface area contributed by atoms with Gasteiger partial charge >= 0.3 is 0 Å². The van der Waals surface area contributed by atoms with Crippen molar-refractivity contribution in [2.45, 2.75) is 51.5 Å². The van der Waals surface area contributed by atoms with Gasteiger partial charge in [-0.1, -0.05) is 61.9 Å². The molecule has 0 aliphatic rings. The number of hydrogen-bond donors (Lipinski definition) is 4. The average Bonchev–Trinajstić information content (AvgIpc) is 2.80. The lowest BCUT2D eigenvalue weighted by atomic mass is 9.89. The third kappa shape index (κ3) is 16.8. The highest BCUT2D eigenvalue weighted by atomic mass is 32.2. The molecule has 0 aromatic heterocycles. The number of carbonyl (C=O) groups is 1. The quantitative estimate of drug-likeness (QED) is 0.138. The zero-order chi connectivity index (χ0) is 26.5. The molecule has 8 N–H and O–H groups in total.